The SMILES string of the molecule is CC1(C2CC2)CN(CCCC2CC2)CCN1. The molecule has 3 aliphatic rings. The average Bonchev–Trinajstić information content (AvgIpc) is 3.13. The van der Waals surface area contributed by atoms with Crippen LogP contribution in [-0.2, 0) is 0 Å². The fourth-order valence-electron chi connectivity index (χ4n) is 3.29. The van der Waals surface area contributed by atoms with Gasteiger partial charge in [-0.15, -0.1) is 0 Å². The Morgan fingerprint density at radius 2 is 2.06 bits per heavy atom. The monoisotopic (exact) mass is 222 g/mol. The molecule has 2 saturated carbocycles. The highest BCUT2D eigenvalue weighted by atomic mass is 15.2. The molecule has 0 aromatic rings. The summed E-state index contributed by atoms with van der Waals surface area (Å²) < 4.78 is 0. The van der Waals surface area contributed by atoms with Crippen LogP contribution in [0.2, 0.25) is 0 Å². The number of piperazine rings is 1. The third-order valence-corrected chi connectivity index (χ3v) is 4.77. The highest BCUT2D eigenvalue weighted by Gasteiger charge is 2.43. The number of hydrogen-bond acceptors (Lipinski definition) is 2. The fourth-order valence-corrected chi connectivity index (χ4v) is 3.29. The van der Waals surface area contributed by atoms with Gasteiger partial charge in [-0.05, 0) is 51.0 Å². The van der Waals surface area contributed by atoms with Gasteiger partial charge >= 0.3 is 0 Å². The molecule has 0 bridgehead atoms. The van der Waals surface area contributed by atoms with Gasteiger partial charge < -0.3 is 10.2 Å². The predicted octanol–water partition coefficient (Wildman–Crippen LogP) is 2.25. The second kappa shape index (κ2) is 4.30. The highest BCUT2D eigenvalue weighted by molar-refractivity contribution is 5.01. The summed E-state index contributed by atoms with van der Waals surface area (Å²) in [5, 5.41) is 3.76. The first-order chi connectivity index (χ1) is 7.76. The van der Waals surface area contributed by atoms with Crippen molar-refractivity contribution < 1.29 is 0 Å². The van der Waals surface area contributed by atoms with E-state index >= 15 is 0 Å². The van der Waals surface area contributed by atoms with Crippen molar-refractivity contribution in [3.63, 3.8) is 0 Å². The standard InChI is InChI=1S/C14H26N2/c1-14(13-6-7-13)11-16(10-8-15-14)9-2-3-12-4-5-12/h12-13,15H,2-11H2,1H3. The topological polar surface area (TPSA) is 15.3 Å². The van der Waals surface area contributed by atoms with E-state index in [0.717, 1.165) is 11.8 Å². The van der Waals surface area contributed by atoms with Crippen molar-refractivity contribution in [3.05, 3.63) is 0 Å². The summed E-state index contributed by atoms with van der Waals surface area (Å²) in [7, 11) is 0. The Labute approximate surface area is 99.8 Å². The molecular weight excluding hydrogens is 196 g/mol. The molecule has 1 atom stereocenters. The Morgan fingerprint density at radius 1 is 1.25 bits per heavy atom. The number of hydrogen-bond donors (Lipinski definition) is 1. The van der Waals surface area contributed by atoms with E-state index in [1.54, 1.807) is 0 Å². The van der Waals surface area contributed by atoms with E-state index in [2.05, 4.69) is 17.1 Å². The lowest BCUT2D eigenvalue weighted by Crippen LogP contribution is -2.60. The van der Waals surface area contributed by atoms with Crippen LogP contribution in [0.3, 0.4) is 0 Å². The molecule has 0 aromatic heterocycles. The van der Waals surface area contributed by atoms with Gasteiger partial charge in [0.1, 0.15) is 0 Å². The van der Waals surface area contributed by atoms with Gasteiger partial charge in [0.05, 0.1) is 0 Å². The molecule has 1 saturated heterocycles. The lowest BCUT2D eigenvalue weighted by atomic mass is 9.93. The van der Waals surface area contributed by atoms with Crippen LogP contribution in [0.15, 0.2) is 0 Å². The minimum absolute atomic E-state index is 0.442. The zero-order chi connectivity index (χ0) is 11.0. The first-order valence-corrected chi connectivity index (χ1v) is 7.24. The van der Waals surface area contributed by atoms with Crippen molar-refractivity contribution in [1.29, 1.82) is 0 Å². The summed E-state index contributed by atoms with van der Waals surface area (Å²) in [5.74, 6) is 2.08. The molecule has 0 spiro atoms. The zero-order valence-corrected chi connectivity index (χ0v) is 10.7. The van der Waals surface area contributed by atoms with Gasteiger partial charge in [0.15, 0.2) is 0 Å². The lowest BCUT2D eigenvalue weighted by molar-refractivity contribution is 0.125. The van der Waals surface area contributed by atoms with Crippen LogP contribution >= 0.6 is 0 Å². The van der Waals surface area contributed by atoms with Crippen molar-refractivity contribution in [2.75, 3.05) is 26.2 Å². The summed E-state index contributed by atoms with van der Waals surface area (Å²) in [6, 6.07) is 0. The molecule has 1 heterocycles. The number of rotatable bonds is 5. The van der Waals surface area contributed by atoms with Crippen LogP contribution in [0.5, 0.6) is 0 Å². The second-order valence-corrected chi connectivity index (χ2v) is 6.48. The first kappa shape index (κ1) is 11.0. The van der Waals surface area contributed by atoms with Crippen LogP contribution in [0.25, 0.3) is 0 Å². The van der Waals surface area contributed by atoms with Crippen molar-refractivity contribution in [1.82, 2.24) is 10.2 Å². The summed E-state index contributed by atoms with van der Waals surface area (Å²) >= 11 is 0. The second-order valence-electron chi connectivity index (χ2n) is 6.48. The molecule has 2 aliphatic carbocycles. The Balaban J connectivity index is 1.43. The fraction of sp³-hybridized carbons (Fsp3) is 1.00. The van der Waals surface area contributed by atoms with Gasteiger partial charge in [-0.3, -0.25) is 0 Å². The lowest BCUT2D eigenvalue weighted by Gasteiger charge is -2.42. The van der Waals surface area contributed by atoms with Crippen LogP contribution < -0.4 is 5.32 Å². The summed E-state index contributed by atoms with van der Waals surface area (Å²) in [6.45, 7) is 7.56. The minimum atomic E-state index is 0.442. The maximum atomic E-state index is 3.76. The van der Waals surface area contributed by atoms with E-state index in [0.29, 0.717) is 5.54 Å². The molecule has 0 radical (unpaired) electrons. The average molecular weight is 222 g/mol. The smallest absolute Gasteiger partial charge is 0.0309 e. The maximum Gasteiger partial charge on any atom is 0.0309 e. The Morgan fingerprint density at radius 3 is 2.75 bits per heavy atom. The Bertz CT molecular complexity index is 245. The molecule has 92 valence electrons. The molecule has 3 rings (SSSR count). The molecule has 3 fully saturated rings. The van der Waals surface area contributed by atoms with Gasteiger partial charge in [-0.1, -0.05) is 12.8 Å². The van der Waals surface area contributed by atoms with Crippen molar-refractivity contribution in [2.45, 2.75) is 51.0 Å². The zero-order valence-electron chi connectivity index (χ0n) is 10.7. The third kappa shape index (κ3) is 2.60. The largest absolute Gasteiger partial charge is 0.309 e. The highest BCUT2D eigenvalue weighted by Crippen LogP contribution is 2.40. The van der Waals surface area contributed by atoms with Crippen molar-refractivity contribution >= 4 is 0 Å². The van der Waals surface area contributed by atoms with Gasteiger partial charge in [-0.2, -0.15) is 0 Å². The predicted molar refractivity (Wildman–Crippen MR) is 67.5 cm³/mol. The van der Waals surface area contributed by atoms with E-state index < -0.39 is 0 Å². The van der Waals surface area contributed by atoms with E-state index in [-0.39, 0.29) is 0 Å². The van der Waals surface area contributed by atoms with Gasteiger partial charge in [0, 0.05) is 25.2 Å². The molecular formula is C14H26N2. The van der Waals surface area contributed by atoms with Gasteiger partial charge in [0.25, 0.3) is 0 Å². The molecule has 0 aromatic carbocycles. The molecule has 0 amide bonds. The van der Waals surface area contributed by atoms with E-state index in [9.17, 15) is 0 Å². The number of nitrogens with one attached hydrogen (secondary N) is 1. The Kier molecular flexibility index (Phi) is 2.97. The normalized spacial score (nSPS) is 36.6. The van der Waals surface area contributed by atoms with Crippen LogP contribution in [0.4, 0.5) is 0 Å². The van der Waals surface area contributed by atoms with Gasteiger partial charge in [0.2, 0.25) is 0 Å². The molecule has 1 N–H and O–H groups in total. The van der Waals surface area contributed by atoms with Gasteiger partial charge in [-0.25, -0.2) is 0 Å². The molecule has 2 nitrogen and oxygen atoms in total. The summed E-state index contributed by atoms with van der Waals surface area (Å²) in [6.07, 6.45) is 8.87. The molecule has 16 heavy (non-hydrogen) atoms. The summed E-state index contributed by atoms with van der Waals surface area (Å²) in [4.78, 5) is 2.71. The van der Waals surface area contributed by atoms with Crippen LogP contribution in [-0.4, -0.2) is 36.6 Å². The first-order valence-electron chi connectivity index (χ1n) is 7.24. The van der Waals surface area contributed by atoms with E-state index in [4.69, 9.17) is 0 Å². The molecule has 1 aliphatic heterocycles. The molecule has 1 unspecified atom stereocenters. The van der Waals surface area contributed by atoms with Crippen LogP contribution in [0.1, 0.15) is 45.4 Å². The minimum Gasteiger partial charge on any atom is -0.309 e. The number of nitrogens with zero attached hydrogens (tertiary/aromatic N) is 1. The third-order valence-electron chi connectivity index (χ3n) is 4.77. The van der Waals surface area contributed by atoms with E-state index in [1.807, 2.05) is 0 Å². The van der Waals surface area contributed by atoms with Crippen molar-refractivity contribution in [3.8, 4) is 0 Å². The van der Waals surface area contributed by atoms with Crippen LogP contribution in [0, 0.1) is 11.8 Å². The molecule has 2 heteroatoms. The summed E-state index contributed by atoms with van der Waals surface area (Å²) in [5.41, 5.74) is 0.442. The van der Waals surface area contributed by atoms with E-state index in [1.165, 1.54) is 64.7 Å². The van der Waals surface area contributed by atoms with Crippen molar-refractivity contribution in [2.24, 2.45) is 11.8 Å². The Hall–Kier alpha value is -0.0800. The quantitative estimate of drug-likeness (QED) is 0.767. The maximum absolute atomic E-state index is 3.76.